The summed E-state index contributed by atoms with van der Waals surface area (Å²) in [6, 6.07) is 6.01. The van der Waals surface area contributed by atoms with Crippen LogP contribution in [0.4, 0.5) is 0 Å². The molecule has 0 saturated heterocycles. The van der Waals surface area contributed by atoms with Gasteiger partial charge in [0, 0.05) is 6.21 Å². The van der Waals surface area contributed by atoms with E-state index in [4.69, 9.17) is 5.11 Å². The molecule has 0 aliphatic carbocycles. The molecule has 1 aromatic carbocycles. The standard InChI is InChI=1S/C14H15NO4S.4C2H6/c16-14(17)9-11-1-3-13(4-2-11)20(18,19)8-6-12-5-7-15-10-12;4*1-2/h1-5,7H,6,8-10H2,(H,16,17);4*1-2H3. The van der Waals surface area contributed by atoms with Crippen molar-refractivity contribution in [1.82, 2.24) is 0 Å². The van der Waals surface area contributed by atoms with Crippen molar-refractivity contribution in [3.63, 3.8) is 0 Å². The SMILES string of the molecule is CC.CC.CC.CC.O=C(O)Cc1ccc(S(=O)(=O)CCC2=CC=NC2)cc1. The fourth-order valence-electron chi connectivity index (χ4n) is 1.92. The van der Waals surface area contributed by atoms with Crippen molar-refractivity contribution in [1.29, 1.82) is 0 Å². The fourth-order valence-corrected chi connectivity index (χ4v) is 3.23. The molecular formula is C22H39NO4S. The summed E-state index contributed by atoms with van der Waals surface area (Å²) in [4.78, 5) is 14.8. The van der Waals surface area contributed by atoms with Gasteiger partial charge >= 0.3 is 5.97 Å². The number of aliphatic imine (C=N–C) groups is 1. The first-order chi connectivity index (χ1) is 13.5. The lowest BCUT2D eigenvalue weighted by atomic mass is 10.2. The van der Waals surface area contributed by atoms with E-state index in [1.54, 1.807) is 18.3 Å². The molecule has 1 aliphatic heterocycles. The highest BCUT2D eigenvalue weighted by Crippen LogP contribution is 2.16. The molecule has 1 aromatic rings. The van der Waals surface area contributed by atoms with Gasteiger partial charge in [-0.2, -0.15) is 0 Å². The second-order valence-corrected chi connectivity index (χ2v) is 6.71. The highest BCUT2D eigenvalue weighted by Gasteiger charge is 2.15. The quantitative estimate of drug-likeness (QED) is 0.658. The average Bonchev–Trinajstić information content (AvgIpc) is 3.26. The average molecular weight is 414 g/mol. The van der Waals surface area contributed by atoms with Crippen LogP contribution in [0.3, 0.4) is 0 Å². The van der Waals surface area contributed by atoms with Crippen molar-refractivity contribution >= 4 is 22.0 Å². The summed E-state index contributed by atoms with van der Waals surface area (Å²) in [5.74, 6) is -0.894. The van der Waals surface area contributed by atoms with Gasteiger partial charge in [-0.05, 0) is 35.8 Å². The first-order valence-electron chi connectivity index (χ1n) is 10.2. The van der Waals surface area contributed by atoms with Crippen molar-refractivity contribution in [2.24, 2.45) is 4.99 Å². The molecule has 1 N–H and O–H groups in total. The van der Waals surface area contributed by atoms with Crippen LogP contribution < -0.4 is 0 Å². The van der Waals surface area contributed by atoms with Gasteiger partial charge in [0.25, 0.3) is 0 Å². The predicted octanol–water partition coefficient (Wildman–Crippen LogP) is 5.59. The van der Waals surface area contributed by atoms with Crippen molar-refractivity contribution < 1.29 is 18.3 Å². The maximum absolute atomic E-state index is 12.1. The van der Waals surface area contributed by atoms with Crippen LogP contribution in [0.15, 0.2) is 45.8 Å². The molecule has 1 heterocycles. The molecule has 0 amide bonds. The second-order valence-electron chi connectivity index (χ2n) is 4.60. The largest absolute Gasteiger partial charge is 0.481 e. The van der Waals surface area contributed by atoms with Gasteiger partial charge in [0.2, 0.25) is 0 Å². The Bertz CT molecular complexity index is 660. The minimum atomic E-state index is -3.34. The molecule has 5 nitrogen and oxygen atoms in total. The van der Waals surface area contributed by atoms with Gasteiger partial charge < -0.3 is 5.11 Å². The van der Waals surface area contributed by atoms with Crippen LogP contribution >= 0.6 is 0 Å². The van der Waals surface area contributed by atoms with E-state index in [9.17, 15) is 13.2 Å². The Morgan fingerprint density at radius 3 is 1.86 bits per heavy atom. The van der Waals surface area contributed by atoms with Crippen molar-refractivity contribution in [3.05, 3.63) is 41.5 Å². The third-order valence-electron chi connectivity index (χ3n) is 3.04. The van der Waals surface area contributed by atoms with Crippen LogP contribution in [0.2, 0.25) is 0 Å². The van der Waals surface area contributed by atoms with Crippen LogP contribution in [0.1, 0.15) is 67.4 Å². The predicted molar refractivity (Wildman–Crippen MR) is 121 cm³/mol. The summed E-state index contributed by atoms with van der Waals surface area (Å²) >= 11 is 0. The molecule has 0 bridgehead atoms. The number of hydrogen-bond donors (Lipinski definition) is 1. The number of nitrogens with zero attached hydrogens (tertiary/aromatic N) is 1. The summed E-state index contributed by atoms with van der Waals surface area (Å²) in [5.41, 5.74) is 1.60. The Morgan fingerprint density at radius 1 is 0.964 bits per heavy atom. The van der Waals surface area contributed by atoms with Gasteiger partial charge in [-0.1, -0.05) is 67.5 Å². The van der Waals surface area contributed by atoms with Crippen LogP contribution in [0.5, 0.6) is 0 Å². The zero-order valence-electron chi connectivity index (χ0n) is 18.8. The summed E-state index contributed by atoms with van der Waals surface area (Å²) in [7, 11) is -3.34. The fraction of sp³-hybridized carbons (Fsp3) is 0.545. The van der Waals surface area contributed by atoms with Crippen molar-refractivity contribution in [2.75, 3.05) is 12.3 Å². The molecule has 0 unspecified atom stereocenters. The Morgan fingerprint density at radius 2 is 1.46 bits per heavy atom. The first kappa shape index (κ1) is 30.8. The van der Waals surface area contributed by atoms with Crippen molar-refractivity contribution in [2.45, 2.75) is 73.1 Å². The monoisotopic (exact) mass is 413 g/mol. The minimum Gasteiger partial charge on any atom is -0.481 e. The Kier molecular flexibility index (Phi) is 21.8. The smallest absolute Gasteiger partial charge is 0.307 e. The maximum atomic E-state index is 12.1. The molecule has 0 aromatic heterocycles. The third-order valence-corrected chi connectivity index (χ3v) is 4.77. The van der Waals surface area contributed by atoms with Gasteiger partial charge in [0.15, 0.2) is 9.84 Å². The number of carbonyl (C=O) groups is 1. The highest BCUT2D eigenvalue weighted by molar-refractivity contribution is 7.91. The van der Waals surface area contributed by atoms with E-state index in [0.717, 1.165) is 5.57 Å². The highest BCUT2D eigenvalue weighted by atomic mass is 32.2. The number of carboxylic acids is 1. The van der Waals surface area contributed by atoms with Gasteiger partial charge in [-0.3, -0.25) is 9.79 Å². The number of benzene rings is 1. The molecule has 6 heteroatoms. The Balaban J connectivity index is -0.000000695. The number of rotatable bonds is 6. The minimum absolute atomic E-state index is 0.0421. The van der Waals surface area contributed by atoms with Gasteiger partial charge in [0.05, 0.1) is 23.6 Å². The lowest BCUT2D eigenvalue weighted by Crippen LogP contribution is -2.08. The Hall–Kier alpha value is -1.95. The molecule has 0 fully saturated rings. The number of sulfone groups is 1. The zero-order valence-corrected chi connectivity index (χ0v) is 19.6. The molecule has 0 atom stereocenters. The zero-order chi connectivity index (χ0) is 22.6. The maximum Gasteiger partial charge on any atom is 0.307 e. The summed E-state index contributed by atoms with van der Waals surface area (Å²) < 4.78 is 24.3. The van der Waals surface area contributed by atoms with E-state index in [-0.39, 0.29) is 17.1 Å². The Labute approximate surface area is 172 Å². The molecular weight excluding hydrogens is 374 g/mol. The number of carboxylic acid groups (broad SMARTS) is 1. The van der Waals surface area contributed by atoms with Crippen LogP contribution in [-0.4, -0.2) is 38.0 Å². The van der Waals surface area contributed by atoms with Crippen LogP contribution in [-0.2, 0) is 21.1 Å². The van der Waals surface area contributed by atoms with Gasteiger partial charge in [-0.15, -0.1) is 0 Å². The van der Waals surface area contributed by atoms with E-state index >= 15 is 0 Å². The number of aliphatic carboxylic acids is 1. The molecule has 28 heavy (non-hydrogen) atoms. The molecule has 0 radical (unpaired) electrons. The van der Waals surface area contributed by atoms with Crippen LogP contribution in [0.25, 0.3) is 0 Å². The first-order valence-corrected chi connectivity index (χ1v) is 11.8. The van der Waals surface area contributed by atoms with Crippen LogP contribution in [0, 0.1) is 0 Å². The van der Waals surface area contributed by atoms with Crippen molar-refractivity contribution in [3.8, 4) is 0 Å². The van der Waals surface area contributed by atoms with E-state index in [2.05, 4.69) is 4.99 Å². The van der Waals surface area contributed by atoms with E-state index in [1.165, 1.54) is 12.1 Å². The normalized spacial score (nSPS) is 11.1. The molecule has 1 aliphatic rings. The van der Waals surface area contributed by atoms with E-state index in [0.29, 0.717) is 18.5 Å². The number of allylic oxidation sites excluding steroid dienone is 1. The second kappa shape index (κ2) is 19.8. The van der Waals surface area contributed by atoms with Gasteiger partial charge in [-0.25, -0.2) is 8.42 Å². The molecule has 162 valence electrons. The molecule has 0 saturated carbocycles. The van der Waals surface area contributed by atoms with E-state index in [1.807, 2.05) is 61.5 Å². The number of hydrogen-bond acceptors (Lipinski definition) is 4. The lowest BCUT2D eigenvalue weighted by Gasteiger charge is -2.06. The van der Waals surface area contributed by atoms with Gasteiger partial charge in [0.1, 0.15) is 0 Å². The third kappa shape index (κ3) is 13.3. The van der Waals surface area contributed by atoms with E-state index < -0.39 is 15.8 Å². The lowest BCUT2D eigenvalue weighted by molar-refractivity contribution is -0.136. The molecule has 0 spiro atoms. The summed E-state index contributed by atoms with van der Waals surface area (Å²) in [6.07, 6.45) is 3.89. The topological polar surface area (TPSA) is 83.8 Å². The summed E-state index contributed by atoms with van der Waals surface area (Å²) in [5, 5.41) is 8.67. The summed E-state index contributed by atoms with van der Waals surface area (Å²) in [6.45, 7) is 16.6. The molecule has 2 rings (SSSR count).